The topological polar surface area (TPSA) is 87.0 Å². The van der Waals surface area contributed by atoms with E-state index in [2.05, 4.69) is 15.4 Å². The number of hydrogen-bond donors (Lipinski definition) is 1. The molecule has 0 saturated heterocycles. The van der Waals surface area contributed by atoms with Crippen LogP contribution in [0.25, 0.3) is 16.8 Å². The summed E-state index contributed by atoms with van der Waals surface area (Å²) in [4.78, 5) is 16.9. The molecule has 0 bridgehead atoms. The highest BCUT2D eigenvalue weighted by Gasteiger charge is 2.12. The molecule has 0 aliphatic rings. The summed E-state index contributed by atoms with van der Waals surface area (Å²) in [5.41, 5.74) is 3.59. The second kappa shape index (κ2) is 10.9. The summed E-state index contributed by atoms with van der Waals surface area (Å²) in [5, 5.41) is 8.33. The maximum atomic E-state index is 12.5. The number of thioether (sulfide) groups is 1. The van der Waals surface area contributed by atoms with Crippen LogP contribution in [0, 0.1) is 0 Å². The number of ether oxygens (including phenoxy) is 3. The van der Waals surface area contributed by atoms with Gasteiger partial charge in [-0.3, -0.25) is 4.79 Å². The lowest BCUT2D eigenvalue weighted by atomic mass is 10.1. The average Bonchev–Trinajstić information content (AvgIpc) is 3.31. The van der Waals surface area contributed by atoms with E-state index in [0.29, 0.717) is 24.7 Å². The molecule has 2 aromatic heterocycles. The second-order valence-electron chi connectivity index (χ2n) is 7.30. The number of carbonyl (C=O) groups is 1. The first-order valence-corrected chi connectivity index (χ1v) is 11.8. The second-order valence-corrected chi connectivity index (χ2v) is 8.27. The van der Waals surface area contributed by atoms with Crippen molar-refractivity contribution in [3.05, 3.63) is 66.5 Å². The van der Waals surface area contributed by atoms with Crippen molar-refractivity contribution >= 4 is 23.2 Å². The van der Waals surface area contributed by atoms with E-state index in [0.717, 1.165) is 33.1 Å². The normalized spacial score (nSPS) is 10.8. The number of fused-ring (bicyclic) bond motifs is 1. The van der Waals surface area contributed by atoms with Crippen LogP contribution in [0.5, 0.6) is 17.2 Å². The van der Waals surface area contributed by atoms with E-state index in [1.165, 1.54) is 11.8 Å². The predicted molar refractivity (Wildman–Crippen MR) is 132 cm³/mol. The zero-order valence-corrected chi connectivity index (χ0v) is 20.1. The van der Waals surface area contributed by atoms with Gasteiger partial charge in [0.25, 0.3) is 0 Å². The Labute approximate surface area is 202 Å². The van der Waals surface area contributed by atoms with Crippen molar-refractivity contribution < 1.29 is 19.0 Å². The summed E-state index contributed by atoms with van der Waals surface area (Å²) < 4.78 is 17.9. The molecule has 34 heavy (non-hydrogen) atoms. The number of nitrogens with zero attached hydrogens (tertiary/aromatic N) is 3. The fraction of sp³-hybridized carbons (Fsp3) is 0.240. The van der Waals surface area contributed by atoms with E-state index in [1.807, 2.05) is 55.5 Å². The smallest absolute Gasteiger partial charge is 0.230 e. The van der Waals surface area contributed by atoms with Gasteiger partial charge >= 0.3 is 0 Å². The highest BCUT2D eigenvalue weighted by Crippen LogP contribution is 2.28. The monoisotopic (exact) mass is 478 g/mol. The van der Waals surface area contributed by atoms with Gasteiger partial charge in [0.2, 0.25) is 5.91 Å². The summed E-state index contributed by atoms with van der Waals surface area (Å²) in [6.07, 6.45) is 3.49. The molecule has 1 amide bonds. The minimum Gasteiger partial charge on any atom is -0.494 e. The van der Waals surface area contributed by atoms with Gasteiger partial charge in [-0.25, -0.2) is 9.50 Å². The molecule has 0 aliphatic carbocycles. The Morgan fingerprint density at radius 2 is 1.85 bits per heavy atom. The van der Waals surface area contributed by atoms with Crippen LogP contribution < -0.4 is 19.5 Å². The van der Waals surface area contributed by atoms with Crippen LogP contribution in [-0.2, 0) is 11.3 Å². The summed E-state index contributed by atoms with van der Waals surface area (Å²) in [6.45, 7) is 2.98. The van der Waals surface area contributed by atoms with Crippen LogP contribution in [0.4, 0.5) is 0 Å². The molecule has 0 fully saturated rings. The van der Waals surface area contributed by atoms with Gasteiger partial charge in [-0.2, -0.15) is 5.10 Å². The SMILES string of the molecule is CCOc1ccc(-c2cc3c(SCC(=O)NCc4ccc(OC)c(OC)c4)nccn3n2)cc1. The predicted octanol–water partition coefficient (Wildman–Crippen LogP) is 4.22. The molecule has 0 unspecified atom stereocenters. The minimum absolute atomic E-state index is 0.0881. The maximum Gasteiger partial charge on any atom is 0.230 e. The van der Waals surface area contributed by atoms with Gasteiger partial charge < -0.3 is 19.5 Å². The van der Waals surface area contributed by atoms with Gasteiger partial charge in [0.1, 0.15) is 10.8 Å². The van der Waals surface area contributed by atoms with Crippen LogP contribution >= 0.6 is 11.8 Å². The molecule has 176 valence electrons. The maximum absolute atomic E-state index is 12.5. The Balaban J connectivity index is 1.40. The Bertz CT molecular complexity index is 1270. The molecule has 2 aromatic carbocycles. The molecule has 0 aliphatic heterocycles. The molecule has 4 rings (SSSR count). The van der Waals surface area contributed by atoms with Gasteiger partial charge in [0, 0.05) is 24.5 Å². The molecule has 0 atom stereocenters. The Kier molecular flexibility index (Phi) is 7.54. The third-order valence-corrected chi connectivity index (χ3v) is 6.09. The lowest BCUT2D eigenvalue weighted by Crippen LogP contribution is -2.24. The van der Waals surface area contributed by atoms with E-state index in [-0.39, 0.29) is 11.7 Å². The van der Waals surface area contributed by atoms with Crippen molar-refractivity contribution in [2.75, 3.05) is 26.6 Å². The minimum atomic E-state index is -0.0881. The van der Waals surface area contributed by atoms with Gasteiger partial charge in [0.05, 0.1) is 37.8 Å². The van der Waals surface area contributed by atoms with Gasteiger partial charge in [-0.15, -0.1) is 0 Å². The van der Waals surface area contributed by atoms with Crippen molar-refractivity contribution in [1.29, 1.82) is 0 Å². The summed E-state index contributed by atoms with van der Waals surface area (Å²) in [5.74, 6) is 2.26. The average molecular weight is 479 g/mol. The van der Waals surface area contributed by atoms with E-state index in [1.54, 1.807) is 31.1 Å². The molecular weight excluding hydrogens is 452 g/mol. The van der Waals surface area contributed by atoms with Crippen LogP contribution in [0.3, 0.4) is 0 Å². The number of methoxy groups -OCH3 is 2. The highest BCUT2D eigenvalue weighted by molar-refractivity contribution is 8.00. The largest absolute Gasteiger partial charge is 0.494 e. The quantitative estimate of drug-likeness (QED) is 0.342. The number of nitrogens with one attached hydrogen (secondary N) is 1. The van der Waals surface area contributed by atoms with E-state index in [9.17, 15) is 4.79 Å². The Morgan fingerprint density at radius 3 is 2.59 bits per heavy atom. The Morgan fingerprint density at radius 1 is 1.06 bits per heavy atom. The molecule has 8 nitrogen and oxygen atoms in total. The van der Waals surface area contributed by atoms with Crippen LogP contribution in [0.2, 0.25) is 0 Å². The van der Waals surface area contributed by atoms with Crippen molar-refractivity contribution in [2.45, 2.75) is 18.5 Å². The zero-order valence-electron chi connectivity index (χ0n) is 19.3. The van der Waals surface area contributed by atoms with Crippen molar-refractivity contribution in [3.63, 3.8) is 0 Å². The van der Waals surface area contributed by atoms with Gasteiger partial charge in [-0.1, -0.05) is 17.8 Å². The fourth-order valence-corrected chi connectivity index (χ4v) is 4.22. The van der Waals surface area contributed by atoms with Crippen LogP contribution in [0.1, 0.15) is 12.5 Å². The fourth-order valence-electron chi connectivity index (χ4n) is 3.42. The van der Waals surface area contributed by atoms with Crippen LogP contribution in [-0.4, -0.2) is 47.1 Å². The standard InChI is InChI=1S/C25H26N4O4S/c1-4-33-19-8-6-18(7-9-19)20-14-21-25(26-11-12-29(21)28-20)34-16-24(30)27-15-17-5-10-22(31-2)23(13-17)32-3/h5-14H,4,15-16H2,1-3H3,(H,27,30). The molecule has 2 heterocycles. The molecule has 0 saturated carbocycles. The molecule has 4 aromatic rings. The molecule has 0 radical (unpaired) electrons. The zero-order chi connectivity index (χ0) is 23.9. The summed E-state index contributed by atoms with van der Waals surface area (Å²) in [7, 11) is 3.18. The highest BCUT2D eigenvalue weighted by atomic mass is 32.2. The first-order valence-electron chi connectivity index (χ1n) is 10.8. The number of hydrogen-bond acceptors (Lipinski definition) is 7. The van der Waals surface area contributed by atoms with Gasteiger partial charge in [-0.05, 0) is 55.0 Å². The number of rotatable bonds is 10. The summed E-state index contributed by atoms with van der Waals surface area (Å²) >= 11 is 1.38. The van der Waals surface area contributed by atoms with Crippen molar-refractivity contribution in [1.82, 2.24) is 19.9 Å². The first-order chi connectivity index (χ1) is 16.6. The van der Waals surface area contributed by atoms with Crippen molar-refractivity contribution in [3.8, 4) is 28.5 Å². The lowest BCUT2D eigenvalue weighted by Gasteiger charge is -2.10. The van der Waals surface area contributed by atoms with E-state index >= 15 is 0 Å². The van der Waals surface area contributed by atoms with Crippen molar-refractivity contribution in [2.24, 2.45) is 0 Å². The molecule has 9 heteroatoms. The third kappa shape index (κ3) is 5.43. The third-order valence-electron chi connectivity index (χ3n) is 5.09. The number of benzene rings is 2. The van der Waals surface area contributed by atoms with Gasteiger partial charge in [0.15, 0.2) is 11.5 Å². The first kappa shape index (κ1) is 23.4. The Hall–Kier alpha value is -3.72. The molecule has 1 N–H and O–H groups in total. The van der Waals surface area contributed by atoms with E-state index < -0.39 is 0 Å². The number of amides is 1. The van der Waals surface area contributed by atoms with Crippen LogP contribution in [0.15, 0.2) is 66.0 Å². The molecular formula is C25H26N4O4S. The lowest BCUT2D eigenvalue weighted by molar-refractivity contribution is -0.118. The number of carbonyl (C=O) groups excluding carboxylic acids is 1. The summed E-state index contributed by atoms with van der Waals surface area (Å²) in [6, 6.07) is 15.4. The molecule has 0 spiro atoms. The number of aromatic nitrogens is 3. The van der Waals surface area contributed by atoms with E-state index in [4.69, 9.17) is 14.2 Å².